The second kappa shape index (κ2) is 5.62. The second-order valence-corrected chi connectivity index (χ2v) is 4.52. The zero-order chi connectivity index (χ0) is 14.7. The molecule has 0 saturated heterocycles. The minimum Gasteiger partial charge on any atom is -0.504 e. The fourth-order valence-corrected chi connectivity index (χ4v) is 1.99. The van der Waals surface area contributed by atoms with Crippen LogP contribution >= 0.6 is 0 Å². The third-order valence-electron chi connectivity index (χ3n) is 3.06. The molecule has 0 spiro atoms. The number of benzene rings is 2. The number of aromatic nitrogens is 4. The molecule has 1 N–H and O–H groups in total. The zero-order valence-electron chi connectivity index (χ0n) is 11.5. The maximum absolute atomic E-state index is 9.60. The lowest BCUT2D eigenvalue weighted by molar-refractivity contribution is 0.373. The SMILES string of the molecule is COc1cc(-c2nnn(Cc3ccccc3)n2)ccc1O. The maximum Gasteiger partial charge on any atom is 0.205 e. The van der Waals surface area contributed by atoms with E-state index < -0.39 is 0 Å². The summed E-state index contributed by atoms with van der Waals surface area (Å²) in [5.41, 5.74) is 1.84. The summed E-state index contributed by atoms with van der Waals surface area (Å²) < 4.78 is 5.08. The van der Waals surface area contributed by atoms with Gasteiger partial charge in [-0.25, -0.2) is 0 Å². The molecule has 0 aliphatic carbocycles. The summed E-state index contributed by atoms with van der Waals surface area (Å²) in [5, 5.41) is 22.0. The first-order chi connectivity index (χ1) is 10.3. The molecule has 6 nitrogen and oxygen atoms in total. The Balaban J connectivity index is 1.85. The average molecular weight is 282 g/mol. The monoisotopic (exact) mass is 282 g/mol. The van der Waals surface area contributed by atoms with Crippen molar-refractivity contribution in [3.8, 4) is 22.9 Å². The average Bonchev–Trinajstić information content (AvgIpc) is 2.97. The van der Waals surface area contributed by atoms with E-state index in [1.165, 1.54) is 11.9 Å². The molecule has 0 aliphatic rings. The molecule has 3 aromatic rings. The summed E-state index contributed by atoms with van der Waals surface area (Å²) in [7, 11) is 1.50. The number of rotatable bonds is 4. The first kappa shape index (κ1) is 13.1. The Hall–Kier alpha value is -2.89. The summed E-state index contributed by atoms with van der Waals surface area (Å²) in [6, 6.07) is 14.9. The molecule has 0 saturated carbocycles. The lowest BCUT2D eigenvalue weighted by Gasteiger charge is -2.03. The topological polar surface area (TPSA) is 73.1 Å². The van der Waals surface area contributed by atoms with Gasteiger partial charge in [-0.3, -0.25) is 0 Å². The van der Waals surface area contributed by atoms with E-state index in [4.69, 9.17) is 4.74 Å². The van der Waals surface area contributed by atoms with Gasteiger partial charge >= 0.3 is 0 Å². The molecule has 2 aromatic carbocycles. The van der Waals surface area contributed by atoms with E-state index in [0.29, 0.717) is 18.1 Å². The van der Waals surface area contributed by atoms with E-state index in [1.54, 1.807) is 18.2 Å². The molecule has 0 radical (unpaired) electrons. The maximum atomic E-state index is 9.60. The van der Waals surface area contributed by atoms with Crippen molar-refractivity contribution in [2.45, 2.75) is 6.54 Å². The van der Waals surface area contributed by atoms with Crippen molar-refractivity contribution in [1.29, 1.82) is 0 Å². The van der Waals surface area contributed by atoms with Gasteiger partial charge in [-0.05, 0) is 29.0 Å². The third-order valence-corrected chi connectivity index (χ3v) is 3.06. The van der Waals surface area contributed by atoms with Gasteiger partial charge in [0.25, 0.3) is 0 Å². The predicted octanol–water partition coefficient (Wildman–Crippen LogP) is 2.10. The number of methoxy groups -OCH3 is 1. The van der Waals surface area contributed by atoms with Crippen LogP contribution in [0, 0.1) is 0 Å². The van der Waals surface area contributed by atoms with Crippen LogP contribution < -0.4 is 4.74 Å². The molecule has 21 heavy (non-hydrogen) atoms. The van der Waals surface area contributed by atoms with Gasteiger partial charge in [0.1, 0.15) is 0 Å². The van der Waals surface area contributed by atoms with Crippen LogP contribution in [0.25, 0.3) is 11.4 Å². The van der Waals surface area contributed by atoms with Crippen LogP contribution in [-0.4, -0.2) is 32.4 Å². The van der Waals surface area contributed by atoms with Gasteiger partial charge in [-0.2, -0.15) is 4.80 Å². The highest BCUT2D eigenvalue weighted by Crippen LogP contribution is 2.29. The van der Waals surface area contributed by atoms with Crippen molar-refractivity contribution in [3.05, 3.63) is 54.1 Å². The van der Waals surface area contributed by atoms with Crippen molar-refractivity contribution in [2.24, 2.45) is 0 Å². The number of phenols is 1. The Morgan fingerprint density at radius 2 is 1.95 bits per heavy atom. The predicted molar refractivity (Wildman–Crippen MR) is 77.0 cm³/mol. The van der Waals surface area contributed by atoms with E-state index in [-0.39, 0.29) is 5.75 Å². The number of phenolic OH excluding ortho intramolecular Hbond substituents is 1. The highest BCUT2D eigenvalue weighted by molar-refractivity contribution is 5.60. The molecule has 0 bridgehead atoms. The number of hydrogen-bond acceptors (Lipinski definition) is 5. The highest BCUT2D eigenvalue weighted by Gasteiger charge is 2.09. The molecule has 3 rings (SSSR count). The Morgan fingerprint density at radius 3 is 2.71 bits per heavy atom. The normalized spacial score (nSPS) is 10.5. The summed E-state index contributed by atoms with van der Waals surface area (Å²) >= 11 is 0. The first-order valence-corrected chi connectivity index (χ1v) is 6.45. The van der Waals surface area contributed by atoms with E-state index in [9.17, 15) is 5.11 Å². The molecule has 6 heteroatoms. The minimum atomic E-state index is 0.0814. The molecular formula is C15H14N4O2. The van der Waals surface area contributed by atoms with Crippen LogP contribution in [0.4, 0.5) is 0 Å². The lowest BCUT2D eigenvalue weighted by atomic mass is 10.2. The molecule has 0 amide bonds. The zero-order valence-corrected chi connectivity index (χ0v) is 11.5. The van der Waals surface area contributed by atoms with E-state index >= 15 is 0 Å². The van der Waals surface area contributed by atoms with E-state index in [0.717, 1.165) is 11.1 Å². The Bertz CT molecular complexity index is 740. The Morgan fingerprint density at radius 1 is 1.14 bits per heavy atom. The van der Waals surface area contributed by atoms with Crippen molar-refractivity contribution >= 4 is 0 Å². The molecule has 106 valence electrons. The number of nitrogens with zero attached hydrogens (tertiary/aromatic N) is 4. The highest BCUT2D eigenvalue weighted by atomic mass is 16.5. The van der Waals surface area contributed by atoms with Crippen LogP contribution in [0.3, 0.4) is 0 Å². The van der Waals surface area contributed by atoms with Crippen molar-refractivity contribution < 1.29 is 9.84 Å². The van der Waals surface area contributed by atoms with Gasteiger partial charge < -0.3 is 9.84 Å². The number of tetrazole rings is 1. The standard InChI is InChI=1S/C15H14N4O2/c1-21-14-9-12(7-8-13(14)20)15-16-18-19(17-15)10-11-5-3-2-4-6-11/h2-9,20H,10H2,1H3. The lowest BCUT2D eigenvalue weighted by Crippen LogP contribution is -2.03. The molecule has 0 fully saturated rings. The molecule has 1 heterocycles. The van der Waals surface area contributed by atoms with Crippen LogP contribution in [0.5, 0.6) is 11.5 Å². The Kier molecular flexibility index (Phi) is 3.51. The van der Waals surface area contributed by atoms with Crippen LogP contribution in [0.2, 0.25) is 0 Å². The number of hydrogen-bond donors (Lipinski definition) is 1. The van der Waals surface area contributed by atoms with Crippen LogP contribution in [-0.2, 0) is 6.54 Å². The molecule has 1 aromatic heterocycles. The van der Waals surface area contributed by atoms with Gasteiger partial charge in [0.05, 0.1) is 13.7 Å². The van der Waals surface area contributed by atoms with Gasteiger partial charge in [0.15, 0.2) is 11.5 Å². The molecular weight excluding hydrogens is 268 g/mol. The minimum absolute atomic E-state index is 0.0814. The summed E-state index contributed by atoms with van der Waals surface area (Å²) in [4.78, 5) is 1.53. The van der Waals surface area contributed by atoms with E-state index in [1.807, 2.05) is 30.3 Å². The van der Waals surface area contributed by atoms with Gasteiger partial charge in [-0.1, -0.05) is 30.3 Å². The molecule has 0 atom stereocenters. The van der Waals surface area contributed by atoms with Gasteiger partial charge in [0.2, 0.25) is 5.82 Å². The van der Waals surface area contributed by atoms with E-state index in [2.05, 4.69) is 15.4 Å². The smallest absolute Gasteiger partial charge is 0.205 e. The van der Waals surface area contributed by atoms with Crippen LogP contribution in [0.15, 0.2) is 48.5 Å². The van der Waals surface area contributed by atoms with Gasteiger partial charge in [-0.15, -0.1) is 10.2 Å². The van der Waals surface area contributed by atoms with Crippen molar-refractivity contribution in [2.75, 3.05) is 7.11 Å². The first-order valence-electron chi connectivity index (χ1n) is 6.45. The van der Waals surface area contributed by atoms with Crippen LogP contribution in [0.1, 0.15) is 5.56 Å². The largest absolute Gasteiger partial charge is 0.504 e. The van der Waals surface area contributed by atoms with Crippen molar-refractivity contribution in [3.63, 3.8) is 0 Å². The molecule has 0 unspecified atom stereocenters. The number of aromatic hydroxyl groups is 1. The van der Waals surface area contributed by atoms with Gasteiger partial charge in [0, 0.05) is 5.56 Å². The van der Waals surface area contributed by atoms with Crippen molar-refractivity contribution in [1.82, 2.24) is 20.2 Å². The summed E-state index contributed by atoms with van der Waals surface area (Å²) in [5.74, 6) is 0.953. The number of ether oxygens (including phenoxy) is 1. The molecule has 0 aliphatic heterocycles. The second-order valence-electron chi connectivity index (χ2n) is 4.52. The quantitative estimate of drug-likeness (QED) is 0.793. The summed E-state index contributed by atoms with van der Waals surface area (Å²) in [6.07, 6.45) is 0. The fraction of sp³-hybridized carbons (Fsp3) is 0.133. The third kappa shape index (κ3) is 2.84. The summed E-state index contributed by atoms with van der Waals surface area (Å²) in [6.45, 7) is 0.559. The Labute approximate surface area is 121 Å². The fourth-order valence-electron chi connectivity index (χ4n) is 1.99.